The van der Waals surface area contributed by atoms with Gasteiger partial charge in [-0.3, -0.25) is 0 Å². The minimum absolute atomic E-state index is 0.0892. The van der Waals surface area contributed by atoms with Gasteiger partial charge in [0, 0.05) is 6.07 Å². The molecular formula is C7H9ClN4O2. The molecule has 0 bridgehead atoms. The van der Waals surface area contributed by atoms with Crippen molar-refractivity contribution >= 4 is 22.9 Å². The number of rotatable bonds is 3. The Labute approximate surface area is 84.4 Å². The first-order chi connectivity index (χ1) is 6.74. The monoisotopic (exact) mass is 216 g/mol. The van der Waals surface area contributed by atoms with Crippen molar-refractivity contribution in [2.45, 2.75) is 0 Å². The van der Waals surface area contributed by atoms with Crippen molar-refractivity contribution in [1.82, 2.24) is 14.6 Å². The predicted molar refractivity (Wildman–Crippen MR) is 51.1 cm³/mol. The average Bonchev–Trinajstić information content (AvgIpc) is 2.65. The largest absolute Gasteiger partial charge is 0.393 e. The summed E-state index contributed by atoms with van der Waals surface area (Å²) in [5.74, 6) is 0.378. The van der Waals surface area contributed by atoms with Crippen LogP contribution in [0.2, 0.25) is 5.02 Å². The van der Waals surface area contributed by atoms with E-state index in [0.29, 0.717) is 16.4 Å². The number of nitrogens with zero attached hydrogens (tertiary/aromatic N) is 3. The highest BCUT2D eigenvalue weighted by molar-refractivity contribution is 6.33. The Morgan fingerprint density at radius 1 is 1.64 bits per heavy atom. The fraction of sp³-hybridized carbons (Fsp3) is 0.286. The van der Waals surface area contributed by atoms with Crippen LogP contribution in [0.15, 0.2) is 12.3 Å². The zero-order chi connectivity index (χ0) is 10.1. The van der Waals surface area contributed by atoms with E-state index in [4.69, 9.17) is 27.3 Å². The zero-order valence-corrected chi connectivity index (χ0v) is 7.98. The summed E-state index contributed by atoms with van der Waals surface area (Å²) in [5, 5.41) is 13.1. The van der Waals surface area contributed by atoms with Crippen molar-refractivity contribution in [1.29, 1.82) is 0 Å². The SMILES string of the molecule is Nc1cc2c(Cl)cnn2n1OCCO. The molecule has 76 valence electrons. The van der Waals surface area contributed by atoms with Gasteiger partial charge >= 0.3 is 0 Å². The third kappa shape index (κ3) is 1.28. The lowest BCUT2D eigenvalue weighted by molar-refractivity contribution is 0.0463. The second-order valence-corrected chi connectivity index (χ2v) is 3.07. The standard InChI is InChI=1S/C7H9ClN4O2/c8-5-4-10-11-6(5)3-7(9)12(11)14-2-1-13/h3-4,13H,1-2,9H2. The molecule has 0 spiro atoms. The summed E-state index contributed by atoms with van der Waals surface area (Å²) < 4.78 is 1.42. The molecule has 0 aliphatic heterocycles. The average molecular weight is 217 g/mol. The molecule has 0 atom stereocenters. The van der Waals surface area contributed by atoms with Crippen LogP contribution in [0.5, 0.6) is 0 Å². The number of aliphatic hydroxyl groups excluding tert-OH is 1. The molecule has 2 heterocycles. The molecule has 0 radical (unpaired) electrons. The van der Waals surface area contributed by atoms with Crippen LogP contribution >= 0.6 is 11.6 Å². The summed E-state index contributed by atoms with van der Waals surface area (Å²) in [6.07, 6.45) is 1.50. The van der Waals surface area contributed by atoms with Crippen LogP contribution in [0.4, 0.5) is 5.82 Å². The van der Waals surface area contributed by atoms with E-state index in [1.54, 1.807) is 6.07 Å². The third-order valence-electron chi connectivity index (χ3n) is 1.72. The number of nitrogen functional groups attached to an aromatic ring is 1. The van der Waals surface area contributed by atoms with Crippen molar-refractivity contribution in [2.75, 3.05) is 18.9 Å². The van der Waals surface area contributed by atoms with Crippen molar-refractivity contribution in [2.24, 2.45) is 0 Å². The van der Waals surface area contributed by atoms with Crippen LogP contribution in [-0.4, -0.2) is 32.9 Å². The van der Waals surface area contributed by atoms with E-state index in [2.05, 4.69) is 5.10 Å². The minimum Gasteiger partial charge on any atom is -0.393 e. The summed E-state index contributed by atoms with van der Waals surface area (Å²) in [5.41, 5.74) is 6.31. The van der Waals surface area contributed by atoms with E-state index in [0.717, 1.165) is 0 Å². The lowest BCUT2D eigenvalue weighted by Crippen LogP contribution is -2.21. The number of nitrogens with two attached hydrogens (primary N) is 1. The molecule has 2 rings (SSSR count). The summed E-state index contributed by atoms with van der Waals surface area (Å²) in [4.78, 5) is 6.41. The van der Waals surface area contributed by atoms with Crippen molar-refractivity contribution in [3.63, 3.8) is 0 Å². The number of aliphatic hydroxyl groups is 1. The first-order valence-electron chi connectivity index (χ1n) is 3.99. The fourth-order valence-corrected chi connectivity index (χ4v) is 1.34. The van der Waals surface area contributed by atoms with Gasteiger partial charge in [-0.2, -0.15) is 5.10 Å². The Morgan fingerprint density at radius 2 is 2.43 bits per heavy atom. The van der Waals surface area contributed by atoms with Gasteiger partial charge in [-0.05, 0) is 0 Å². The highest BCUT2D eigenvalue weighted by Crippen LogP contribution is 2.19. The van der Waals surface area contributed by atoms with E-state index in [1.165, 1.54) is 15.7 Å². The van der Waals surface area contributed by atoms with Gasteiger partial charge < -0.3 is 15.7 Å². The number of hydrogen-bond acceptors (Lipinski definition) is 4. The second-order valence-electron chi connectivity index (χ2n) is 2.67. The Bertz CT molecular complexity index is 450. The predicted octanol–water partition coefficient (Wildman–Crippen LogP) is -0.208. The molecular weight excluding hydrogens is 208 g/mol. The summed E-state index contributed by atoms with van der Waals surface area (Å²) in [6, 6.07) is 1.65. The highest BCUT2D eigenvalue weighted by Gasteiger charge is 2.10. The Morgan fingerprint density at radius 3 is 3.14 bits per heavy atom. The molecule has 0 amide bonds. The molecule has 2 aromatic heterocycles. The van der Waals surface area contributed by atoms with Crippen molar-refractivity contribution < 1.29 is 9.94 Å². The van der Waals surface area contributed by atoms with Crippen molar-refractivity contribution in [3.05, 3.63) is 17.3 Å². The number of anilines is 1. The van der Waals surface area contributed by atoms with E-state index in [-0.39, 0.29) is 13.2 Å². The molecule has 14 heavy (non-hydrogen) atoms. The molecule has 7 heteroatoms. The van der Waals surface area contributed by atoms with Gasteiger partial charge in [0.25, 0.3) is 0 Å². The van der Waals surface area contributed by atoms with Crippen LogP contribution in [0.3, 0.4) is 0 Å². The third-order valence-corrected chi connectivity index (χ3v) is 2.01. The molecule has 2 aromatic rings. The fourth-order valence-electron chi connectivity index (χ4n) is 1.16. The number of aromatic nitrogens is 3. The van der Waals surface area contributed by atoms with E-state index >= 15 is 0 Å². The highest BCUT2D eigenvalue weighted by atomic mass is 35.5. The van der Waals surface area contributed by atoms with Crippen LogP contribution < -0.4 is 10.6 Å². The normalized spacial score (nSPS) is 11.0. The van der Waals surface area contributed by atoms with Crippen LogP contribution in [-0.2, 0) is 0 Å². The van der Waals surface area contributed by atoms with E-state index in [1.807, 2.05) is 0 Å². The summed E-state index contributed by atoms with van der Waals surface area (Å²) in [7, 11) is 0. The molecule has 0 aliphatic rings. The lowest BCUT2D eigenvalue weighted by atomic mass is 10.5. The summed E-state index contributed by atoms with van der Waals surface area (Å²) in [6.45, 7) is 0.0551. The number of hydrogen-bond donors (Lipinski definition) is 2. The van der Waals surface area contributed by atoms with Crippen LogP contribution in [0.25, 0.3) is 5.52 Å². The van der Waals surface area contributed by atoms with Gasteiger partial charge in [-0.25, -0.2) is 0 Å². The first-order valence-corrected chi connectivity index (χ1v) is 4.36. The molecule has 0 fully saturated rings. The molecule has 0 saturated heterocycles. The van der Waals surface area contributed by atoms with Crippen LogP contribution in [0, 0.1) is 0 Å². The van der Waals surface area contributed by atoms with Gasteiger partial charge in [0.15, 0.2) is 5.82 Å². The maximum absolute atomic E-state index is 8.60. The maximum Gasteiger partial charge on any atom is 0.163 e. The molecule has 0 saturated carbocycles. The minimum atomic E-state index is -0.0892. The van der Waals surface area contributed by atoms with Gasteiger partial charge in [-0.1, -0.05) is 16.4 Å². The van der Waals surface area contributed by atoms with Gasteiger partial charge in [0.05, 0.1) is 17.8 Å². The zero-order valence-electron chi connectivity index (χ0n) is 7.22. The molecule has 3 N–H and O–H groups in total. The number of halogens is 1. The molecule has 0 unspecified atom stereocenters. The topological polar surface area (TPSA) is 77.7 Å². The quantitative estimate of drug-likeness (QED) is 0.745. The maximum atomic E-state index is 8.60. The van der Waals surface area contributed by atoms with E-state index < -0.39 is 0 Å². The summed E-state index contributed by atoms with van der Waals surface area (Å²) >= 11 is 5.83. The van der Waals surface area contributed by atoms with Crippen LogP contribution in [0.1, 0.15) is 0 Å². The van der Waals surface area contributed by atoms with Gasteiger partial charge in [-0.15, -0.1) is 4.63 Å². The molecule has 0 aromatic carbocycles. The molecule has 6 nitrogen and oxygen atoms in total. The number of fused-ring (bicyclic) bond motifs is 1. The first kappa shape index (κ1) is 9.17. The Balaban J connectivity index is 2.45. The second kappa shape index (κ2) is 3.39. The smallest absolute Gasteiger partial charge is 0.163 e. The Kier molecular flexibility index (Phi) is 2.22. The van der Waals surface area contributed by atoms with Crippen molar-refractivity contribution in [3.8, 4) is 0 Å². The van der Waals surface area contributed by atoms with E-state index in [9.17, 15) is 0 Å². The Hall–Kier alpha value is -1.40. The molecule has 0 aliphatic carbocycles. The lowest BCUT2D eigenvalue weighted by Gasteiger charge is -2.06. The van der Waals surface area contributed by atoms with Gasteiger partial charge in [0.1, 0.15) is 12.1 Å². The van der Waals surface area contributed by atoms with Gasteiger partial charge in [0.2, 0.25) is 0 Å².